The van der Waals surface area contributed by atoms with Gasteiger partial charge in [0, 0.05) is 5.56 Å². The molecule has 1 atom stereocenters. The van der Waals surface area contributed by atoms with Gasteiger partial charge in [-0.2, -0.15) is 0 Å². The highest BCUT2D eigenvalue weighted by atomic mass is 19.2. The molecule has 1 unspecified atom stereocenters. The number of rotatable bonds is 4. The Balaban J connectivity index is 2.16. The second-order valence-corrected chi connectivity index (χ2v) is 4.86. The summed E-state index contributed by atoms with van der Waals surface area (Å²) in [4.78, 5) is 0. The molecule has 0 heterocycles. The van der Waals surface area contributed by atoms with Gasteiger partial charge in [-0.25, -0.2) is 8.78 Å². The molecular formula is C16H16F2O. The molecule has 2 rings (SSSR count). The van der Waals surface area contributed by atoms with E-state index in [1.54, 1.807) is 0 Å². The van der Waals surface area contributed by atoms with Crippen LogP contribution in [0.4, 0.5) is 8.78 Å². The maximum absolute atomic E-state index is 13.7. The van der Waals surface area contributed by atoms with E-state index in [-0.39, 0.29) is 5.56 Å². The molecule has 0 aliphatic heterocycles. The Morgan fingerprint density at radius 2 is 1.68 bits per heavy atom. The Bertz CT molecular complexity index is 550. The van der Waals surface area contributed by atoms with E-state index >= 15 is 0 Å². The Kier molecular flexibility index (Phi) is 3.96. The zero-order chi connectivity index (χ0) is 13.9. The van der Waals surface area contributed by atoms with Crippen LogP contribution in [0.3, 0.4) is 0 Å². The van der Waals surface area contributed by atoms with Crippen LogP contribution < -0.4 is 0 Å². The fourth-order valence-electron chi connectivity index (χ4n) is 2.09. The van der Waals surface area contributed by atoms with Crippen LogP contribution in [-0.4, -0.2) is 5.11 Å². The molecule has 19 heavy (non-hydrogen) atoms. The van der Waals surface area contributed by atoms with Crippen molar-refractivity contribution in [1.29, 1.82) is 0 Å². The molecule has 2 aromatic rings. The number of hydrogen-bond acceptors (Lipinski definition) is 1. The standard InChI is InChI=1S/C16H16F2O/c1-16(19,11-10-12-6-3-2-4-7-12)13-8-5-9-14(17)15(13)18/h2-9,19H,10-11H2,1H3. The maximum Gasteiger partial charge on any atom is 0.164 e. The molecular weight excluding hydrogens is 246 g/mol. The van der Waals surface area contributed by atoms with E-state index in [1.807, 2.05) is 30.3 Å². The number of aryl methyl sites for hydroxylation is 1. The van der Waals surface area contributed by atoms with Crippen molar-refractivity contribution >= 4 is 0 Å². The first-order valence-electron chi connectivity index (χ1n) is 6.21. The molecule has 2 aromatic carbocycles. The minimum absolute atomic E-state index is 0.00318. The second-order valence-electron chi connectivity index (χ2n) is 4.86. The largest absolute Gasteiger partial charge is 0.385 e. The van der Waals surface area contributed by atoms with Crippen LogP contribution in [0.5, 0.6) is 0 Å². The van der Waals surface area contributed by atoms with E-state index in [0.717, 1.165) is 11.6 Å². The predicted octanol–water partition coefficient (Wildman–Crippen LogP) is 3.81. The highest BCUT2D eigenvalue weighted by Crippen LogP contribution is 2.29. The summed E-state index contributed by atoms with van der Waals surface area (Å²) >= 11 is 0. The lowest BCUT2D eigenvalue weighted by Gasteiger charge is -2.24. The van der Waals surface area contributed by atoms with Gasteiger partial charge in [-0.1, -0.05) is 42.5 Å². The number of hydrogen-bond donors (Lipinski definition) is 1. The quantitative estimate of drug-likeness (QED) is 0.888. The third-order valence-electron chi connectivity index (χ3n) is 3.28. The Labute approximate surface area is 111 Å². The lowest BCUT2D eigenvalue weighted by molar-refractivity contribution is 0.0436. The molecule has 0 spiro atoms. The van der Waals surface area contributed by atoms with Crippen molar-refractivity contribution in [2.45, 2.75) is 25.4 Å². The van der Waals surface area contributed by atoms with E-state index in [9.17, 15) is 13.9 Å². The normalized spacial score (nSPS) is 14.1. The van der Waals surface area contributed by atoms with Crippen LogP contribution in [0.1, 0.15) is 24.5 Å². The van der Waals surface area contributed by atoms with Crippen LogP contribution in [0.2, 0.25) is 0 Å². The van der Waals surface area contributed by atoms with E-state index in [4.69, 9.17) is 0 Å². The van der Waals surface area contributed by atoms with Gasteiger partial charge in [0.25, 0.3) is 0 Å². The van der Waals surface area contributed by atoms with Crippen LogP contribution >= 0.6 is 0 Å². The Morgan fingerprint density at radius 3 is 2.37 bits per heavy atom. The van der Waals surface area contributed by atoms with Gasteiger partial charge in [0.15, 0.2) is 11.6 Å². The lowest BCUT2D eigenvalue weighted by atomic mass is 9.89. The lowest BCUT2D eigenvalue weighted by Crippen LogP contribution is -2.24. The SMILES string of the molecule is CC(O)(CCc1ccccc1)c1cccc(F)c1F. The summed E-state index contributed by atoms with van der Waals surface area (Å²) in [6, 6.07) is 13.5. The summed E-state index contributed by atoms with van der Waals surface area (Å²) in [7, 11) is 0. The van der Waals surface area contributed by atoms with Gasteiger partial charge in [-0.05, 0) is 31.4 Å². The summed E-state index contributed by atoms with van der Waals surface area (Å²) in [5.41, 5.74) is -0.329. The summed E-state index contributed by atoms with van der Waals surface area (Å²) in [5, 5.41) is 10.3. The molecule has 0 bridgehead atoms. The molecule has 0 aromatic heterocycles. The van der Waals surface area contributed by atoms with E-state index in [0.29, 0.717) is 12.8 Å². The van der Waals surface area contributed by atoms with Crippen molar-refractivity contribution in [3.05, 3.63) is 71.3 Å². The molecule has 1 N–H and O–H groups in total. The molecule has 0 radical (unpaired) electrons. The van der Waals surface area contributed by atoms with Gasteiger partial charge in [0.05, 0.1) is 5.60 Å². The van der Waals surface area contributed by atoms with Crippen molar-refractivity contribution in [1.82, 2.24) is 0 Å². The van der Waals surface area contributed by atoms with E-state index < -0.39 is 17.2 Å². The first kappa shape index (κ1) is 13.7. The summed E-state index contributed by atoms with van der Waals surface area (Å²) in [6.45, 7) is 1.51. The predicted molar refractivity (Wildman–Crippen MR) is 70.7 cm³/mol. The number of aliphatic hydroxyl groups is 1. The van der Waals surface area contributed by atoms with Gasteiger partial charge < -0.3 is 5.11 Å². The van der Waals surface area contributed by atoms with Crippen LogP contribution in [0.15, 0.2) is 48.5 Å². The number of benzene rings is 2. The zero-order valence-corrected chi connectivity index (χ0v) is 10.7. The summed E-state index contributed by atoms with van der Waals surface area (Å²) in [5.74, 6) is -1.90. The maximum atomic E-state index is 13.7. The summed E-state index contributed by atoms with van der Waals surface area (Å²) in [6.07, 6.45) is 0.932. The van der Waals surface area contributed by atoms with Crippen molar-refractivity contribution < 1.29 is 13.9 Å². The second kappa shape index (κ2) is 5.49. The highest BCUT2D eigenvalue weighted by molar-refractivity contribution is 5.25. The fraction of sp³-hybridized carbons (Fsp3) is 0.250. The third-order valence-corrected chi connectivity index (χ3v) is 3.28. The molecule has 0 amide bonds. The van der Waals surface area contributed by atoms with Crippen LogP contribution in [-0.2, 0) is 12.0 Å². The average molecular weight is 262 g/mol. The van der Waals surface area contributed by atoms with Crippen molar-refractivity contribution in [3.8, 4) is 0 Å². The monoisotopic (exact) mass is 262 g/mol. The highest BCUT2D eigenvalue weighted by Gasteiger charge is 2.27. The van der Waals surface area contributed by atoms with Gasteiger partial charge >= 0.3 is 0 Å². The molecule has 3 heteroatoms. The van der Waals surface area contributed by atoms with Crippen LogP contribution in [0, 0.1) is 11.6 Å². The topological polar surface area (TPSA) is 20.2 Å². The van der Waals surface area contributed by atoms with Gasteiger partial charge in [-0.3, -0.25) is 0 Å². The van der Waals surface area contributed by atoms with E-state index in [2.05, 4.69) is 0 Å². The summed E-state index contributed by atoms with van der Waals surface area (Å²) < 4.78 is 26.9. The van der Waals surface area contributed by atoms with Gasteiger partial charge in [0.2, 0.25) is 0 Å². The molecule has 0 saturated carbocycles. The first-order valence-corrected chi connectivity index (χ1v) is 6.21. The molecule has 100 valence electrons. The molecule has 0 fully saturated rings. The van der Waals surface area contributed by atoms with Crippen molar-refractivity contribution in [2.24, 2.45) is 0 Å². The minimum atomic E-state index is -1.39. The van der Waals surface area contributed by atoms with E-state index in [1.165, 1.54) is 19.1 Å². The fourth-order valence-corrected chi connectivity index (χ4v) is 2.09. The van der Waals surface area contributed by atoms with Crippen LogP contribution in [0.25, 0.3) is 0 Å². The van der Waals surface area contributed by atoms with Crippen molar-refractivity contribution in [2.75, 3.05) is 0 Å². The van der Waals surface area contributed by atoms with Gasteiger partial charge in [-0.15, -0.1) is 0 Å². The Morgan fingerprint density at radius 1 is 1.00 bits per heavy atom. The zero-order valence-electron chi connectivity index (χ0n) is 10.7. The minimum Gasteiger partial charge on any atom is -0.385 e. The third kappa shape index (κ3) is 3.18. The Hall–Kier alpha value is -1.74. The molecule has 0 saturated heterocycles. The average Bonchev–Trinajstić information content (AvgIpc) is 2.41. The smallest absolute Gasteiger partial charge is 0.164 e. The van der Waals surface area contributed by atoms with Crippen molar-refractivity contribution in [3.63, 3.8) is 0 Å². The first-order chi connectivity index (χ1) is 9.00. The number of halogens is 2. The molecule has 0 aliphatic carbocycles. The van der Waals surface area contributed by atoms with Gasteiger partial charge in [0.1, 0.15) is 0 Å². The molecule has 1 nitrogen and oxygen atoms in total. The molecule has 0 aliphatic rings.